The fourth-order valence-corrected chi connectivity index (χ4v) is 2.47. The molecule has 0 atom stereocenters. The summed E-state index contributed by atoms with van der Waals surface area (Å²) in [6.07, 6.45) is 0. The topological polar surface area (TPSA) is 56.5 Å². The zero-order valence-electron chi connectivity index (χ0n) is 14.8. The highest BCUT2D eigenvalue weighted by molar-refractivity contribution is 6.47. The molecule has 0 aromatic heterocycles. The first-order valence-electron chi connectivity index (χ1n) is 8.02. The highest BCUT2D eigenvalue weighted by Crippen LogP contribution is 2.28. The zero-order valence-corrected chi connectivity index (χ0v) is 16.3. The van der Waals surface area contributed by atoms with Gasteiger partial charge in [0.05, 0.1) is 22.3 Å². The Labute approximate surface area is 163 Å². The van der Waals surface area contributed by atoms with Crippen molar-refractivity contribution in [3.05, 3.63) is 64.1 Å². The summed E-state index contributed by atoms with van der Waals surface area (Å²) in [4.78, 5) is 12.5. The van der Waals surface area contributed by atoms with Crippen LogP contribution in [0, 0.1) is 16.7 Å². The van der Waals surface area contributed by atoms with E-state index in [0.29, 0.717) is 22.3 Å². The van der Waals surface area contributed by atoms with Crippen molar-refractivity contribution in [1.29, 1.82) is 5.26 Å². The minimum atomic E-state index is -0.704. The van der Waals surface area contributed by atoms with Gasteiger partial charge in [0, 0.05) is 5.41 Å². The van der Waals surface area contributed by atoms with Gasteiger partial charge in [0.2, 0.25) is 5.71 Å². The van der Waals surface area contributed by atoms with Gasteiger partial charge in [-0.2, -0.15) is 10.4 Å². The van der Waals surface area contributed by atoms with Crippen molar-refractivity contribution >= 4 is 40.4 Å². The Hall–Kier alpha value is -2.35. The van der Waals surface area contributed by atoms with Gasteiger partial charge >= 0.3 is 0 Å². The van der Waals surface area contributed by atoms with Gasteiger partial charge in [0.25, 0.3) is 0 Å². The Morgan fingerprint density at radius 2 is 1.77 bits per heavy atom. The number of hydrogen-bond donors (Lipinski definition) is 0. The monoisotopic (exact) mass is 387 g/mol. The minimum Gasteiger partial charge on any atom is -0.291 e. The SMILES string of the molecule is CC(C)(C)C(=O)/C(C#N)=N/N(Cc1ccccc1)c1ccc(Cl)c(Cl)c1. The first-order valence-corrected chi connectivity index (χ1v) is 8.78. The molecule has 0 aliphatic heterocycles. The fraction of sp³-hybridized carbons (Fsp3) is 0.250. The molecule has 0 bridgehead atoms. The summed E-state index contributed by atoms with van der Waals surface area (Å²) in [5.74, 6) is -0.321. The molecule has 0 aliphatic rings. The molecular formula is C20H19Cl2N3O. The molecule has 2 rings (SSSR count). The lowest BCUT2D eigenvalue weighted by Gasteiger charge is -2.22. The van der Waals surface area contributed by atoms with Gasteiger partial charge in [-0.05, 0) is 23.8 Å². The van der Waals surface area contributed by atoms with Crippen molar-refractivity contribution in [2.45, 2.75) is 27.3 Å². The summed E-state index contributed by atoms with van der Waals surface area (Å²) in [6, 6.07) is 16.6. The molecule has 6 heteroatoms. The molecule has 4 nitrogen and oxygen atoms in total. The number of hydrogen-bond acceptors (Lipinski definition) is 4. The number of rotatable bonds is 5. The fourth-order valence-electron chi connectivity index (χ4n) is 2.18. The lowest BCUT2D eigenvalue weighted by molar-refractivity contribution is -0.119. The highest BCUT2D eigenvalue weighted by atomic mass is 35.5. The molecule has 2 aromatic rings. The summed E-state index contributed by atoms with van der Waals surface area (Å²) in [5, 5.41) is 16.2. The van der Waals surface area contributed by atoms with Crippen molar-refractivity contribution in [3.8, 4) is 6.07 Å². The van der Waals surface area contributed by atoms with Crippen molar-refractivity contribution in [2.24, 2.45) is 10.5 Å². The van der Waals surface area contributed by atoms with Crippen molar-refractivity contribution in [3.63, 3.8) is 0 Å². The van der Waals surface area contributed by atoms with E-state index in [0.717, 1.165) is 5.56 Å². The first-order chi connectivity index (χ1) is 12.2. The highest BCUT2D eigenvalue weighted by Gasteiger charge is 2.27. The van der Waals surface area contributed by atoms with Crippen LogP contribution in [0.4, 0.5) is 5.69 Å². The van der Waals surface area contributed by atoms with Crippen LogP contribution in [0.2, 0.25) is 10.0 Å². The average Bonchev–Trinajstić information content (AvgIpc) is 2.60. The van der Waals surface area contributed by atoms with Crippen LogP contribution in [0.3, 0.4) is 0 Å². The standard InChI is InChI=1S/C20H19Cl2N3O/c1-20(2,3)19(26)18(12-23)24-25(13-14-7-5-4-6-8-14)15-9-10-16(21)17(22)11-15/h4-11H,13H2,1-3H3/b24-18+. The van der Waals surface area contributed by atoms with Crippen LogP contribution in [0.5, 0.6) is 0 Å². The van der Waals surface area contributed by atoms with E-state index >= 15 is 0 Å². The Morgan fingerprint density at radius 1 is 1.12 bits per heavy atom. The maximum atomic E-state index is 12.5. The summed E-state index contributed by atoms with van der Waals surface area (Å²) >= 11 is 12.1. The van der Waals surface area contributed by atoms with E-state index in [-0.39, 0.29) is 11.5 Å². The predicted molar refractivity (Wildman–Crippen MR) is 107 cm³/mol. The number of Topliss-reactive ketones (excluding diaryl/α,β-unsaturated/α-hetero) is 1. The Bertz CT molecular complexity index is 865. The first kappa shape index (κ1) is 20.0. The second-order valence-corrected chi connectivity index (χ2v) is 7.60. The molecule has 0 spiro atoms. The quantitative estimate of drug-likeness (QED) is 0.502. The number of carbonyl (C=O) groups is 1. The molecule has 26 heavy (non-hydrogen) atoms. The summed E-state index contributed by atoms with van der Waals surface area (Å²) in [5.41, 5.74) is 0.755. The molecule has 0 fully saturated rings. The maximum Gasteiger partial charge on any atom is 0.204 e. The van der Waals surface area contributed by atoms with E-state index in [4.69, 9.17) is 23.2 Å². The second-order valence-electron chi connectivity index (χ2n) is 6.78. The van der Waals surface area contributed by atoms with E-state index in [2.05, 4.69) is 5.10 Å². The number of ketones is 1. The number of halogens is 2. The van der Waals surface area contributed by atoms with Crippen molar-refractivity contribution in [2.75, 3.05) is 5.01 Å². The summed E-state index contributed by atoms with van der Waals surface area (Å²) < 4.78 is 0. The molecule has 0 radical (unpaired) electrons. The average molecular weight is 388 g/mol. The van der Waals surface area contributed by atoms with Crippen LogP contribution in [0.1, 0.15) is 26.3 Å². The lowest BCUT2D eigenvalue weighted by Crippen LogP contribution is -2.30. The second kappa shape index (κ2) is 8.35. The number of hydrazone groups is 1. The number of benzene rings is 2. The molecule has 0 heterocycles. The molecule has 0 amide bonds. The van der Waals surface area contributed by atoms with Crippen LogP contribution in [-0.2, 0) is 11.3 Å². The molecular weight excluding hydrogens is 369 g/mol. The predicted octanol–water partition coefficient (Wildman–Crippen LogP) is 5.49. The molecule has 0 saturated heterocycles. The largest absolute Gasteiger partial charge is 0.291 e. The van der Waals surface area contributed by atoms with Gasteiger partial charge < -0.3 is 0 Å². The molecule has 2 aromatic carbocycles. The van der Waals surface area contributed by atoms with E-state index < -0.39 is 5.41 Å². The Kier molecular flexibility index (Phi) is 6.42. The summed E-state index contributed by atoms with van der Waals surface area (Å²) in [6.45, 7) is 5.63. The van der Waals surface area contributed by atoms with Gasteiger partial charge in [-0.1, -0.05) is 74.3 Å². The number of nitrogens with zero attached hydrogens (tertiary/aromatic N) is 3. The van der Waals surface area contributed by atoms with Crippen LogP contribution >= 0.6 is 23.2 Å². The third kappa shape index (κ3) is 5.08. The smallest absolute Gasteiger partial charge is 0.204 e. The van der Waals surface area contributed by atoms with Gasteiger partial charge in [-0.15, -0.1) is 0 Å². The number of nitriles is 1. The zero-order chi connectivity index (χ0) is 19.3. The van der Waals surface area contributed by atoms with E-state index in [1.54, 1.807) is 44.0 Å². The lowest BCUT2D eigenvalue weighted by atomic mass is 9.88. The minimum absolute atomic E-state index is 0.153. The van der Waals surface area contributed by atoms with Gasteiger partial charge in [0.15, 0.2) is 5.78 Å². The third-order valence-electron chi connectivity index (χ3n) is 3.60. The van der Waals surface area contributed by atoms with Crippen LogP contribution in [0.15, 0.2) is 53.6 Å². The molecule has 134 valence electrons. The van der Waals surface area contributed by atoms with Crippen LogP contribution < -0.4 is 5.01 Å². The van der Waals surface area contributed by atoms with Crippen LogP contribution in [-0.4, -0.2) is 11.5 Å². The van der Waals surface area contributed by atoms with E-state index in [1.165, 1.54) is 0 Å². The Morgan fingerprint density at radius 3 is 2.31 bits per heavy atom. The van der Waals surface area contributed by atoms with Gasteiger partial charge in [0.1, 0.15) is 6.07 Å². The number of carbonyl (C=O) groups excluding carboxylic acids is 1. The summed E-state index contributed by atoms with van der Waals surface area (Å²) in [7, 11) is 0. The molecule has 0 aliphatic carbocycles. The van der Waals surface area contributed by atoms with E-state index in [1.807, 2.05) is 36.4 Å². The van der Waals surface area contributed by atoms with E-state index in [9.17, 15) is 10.1 Å². The van der Waals surface area contributed by atoms with Crippen LogP contribution in [0.25, 0.3) is 0 Å². The maximum absolute atomic E-state index is 12.5. The normalized spacial score (nSPS) is 11.8. The van der Waals surface area contributed by atoms with Gasteiger partial charge in [-0.3, -0.25) is 9.80 Å². The molecule has 0 unspecified atom stereocenters. The third-order valence-corrected chi connectivity index (χ3v) is 4.34. The van der Waals surface area contributed by atoms with Crippen molar-refractivity contribution < 1.29 is 4.79 Å². The molecule has 0 N–H and O–H groups in total. The Balaban J connectivity index is 2.49. The van der Waals surface area contributed by atoms with Gasteiger partial charge in [-0.25, -0.2) is 0 Å². The molecule has 0 saturated carbocycles. The van der Waals surface area contributed by atoms with Crippen molar-refractivity contribution in [1.82, 2.24) is 0 Å². The number of anilines is 1.